The summed E-state index contributed by atoms with van der Waals surface area (Å²) in [6.45, 7) is 0. The third-order valence-corrected chi connectivity index (χ3v) is 0.917. The fourth-order valence-electron chi connectivity index (χ4n) is 0.531. The average molecular weight is 152 g/mol. The molecule has 0 N–H and O–H groups in total. The second kappa shape index (κ2) is 2.01. The number of rotatable bonds is 0. The molecular formula is C3N6O2. The summed E-state index contributed by atoms with van der Waals surface area (Å²) in [5, 5.41) is 19.5. The van der Waals surface area contributed by atoms with Crippen LogP contribution in [-0.4, -0.2) is 30.8 Å². The van der Waals surface area contributed by atoms with Crippen molar-refractivity contribution in [3.63, 3.8) is 0 Å². The average Bonchev–Trinajstić information content (AvgIpc) is 2.04. The Bertz CT molecular complexity index is 437. The Morgan fingerprint density at radius 2 is 1.82 bits per heavy atom. The lowest BCUT2D eigenvalue weighted by molar-refractivity contribution is 0.491. The normalized spacial score (nSPS) is 10.2. The molecule has 0 aliphatic rings. The third-order valence-electron chi connectivity index (χ3n) is 0.917. The molecule has 0 spiro atoms. The van der Waals surface area contributed by atoms with Crippen molar-refractivity contribution < 1.29 is 4.42 Å². The molecule has 2 aromatic heterocycles. The van der Waals surface area contributed by atoms with Crippen LogP contribution in [0, 0.1) is 0 Å². The standard InChI is InChI=1S/C3N6O2/c10-3-7-4-1-2(11-3)6-9-8-5-1. The van der Waals surface area contributed by atoms with Crippen LogP contribution in [0.4, 0.5) is 0 Å². The lowest BCUT2D eigenvalue weighted by Crippen LogP contribution is -2.08. The molecule has 0 aliphatic carbocycles. The first-order valence-corrected chi connectivity index (χ1v) is 2.56. The van der Waals surface area contributed by atoms with Gasteiger partial charge in [-0.3, -0.25) is 0 Å². The Hall–Kier alpha value is -1.99. The van der Waals surface area contributed by atoms with Gasteiger partial charge in [-0.2, -0.15) is 0 Å². The first kappa shape index (κ1) is 5.77. The van der Waals surface area contributed by atoms with Gasteiger partial charge in [0.25, 0.3) is 11.4 Å². The van der Waals surface area contributed by atoms with E-state index in [9.17, 15) is 4.79 Å². The van der Waals surface area contributed by atoms with Gasteiger partial charge in [-0.05, 0) is 10.4 Å². The first-order chi connectivity index (χ1) is 5.36. The summed E-state index contributed by atoms with van der Waals surface area (Å²) in [6.07, 6.45) is 0. The predicted octanol–water partition coefficient (Wildman–Crippen LogP) is -1.84. The first-order valence-electron chi connectivity index (χ1n) is 2.56. The van der Waals surface area contributed by atoms with Crippen molar-refractivity contribution in [1.29, 1.82) is 0 Å². The quantitative estimate of drug-likeness (QED) is 0.433. The summed E-state index contributed by atoms with van der Waals surface area (Å²) < 4.78 is 4.46. The number of fused-ring (bicyclic) bond motifs is 1. The maximum atomic E-state index is 10.4. The van der Waals surface area contributed by atoms with Gasteiger partial charge in [0.05, 0.1) is 0 Å². The van der Waals surface area contributed by atoms with E-state index in [4.69, 9.17) is 0 Å². The molecule has 0 fully saturated rings. The van der Waals surface area contributed by atoms with Gasteiger partial charge in [0.1, 0.15) is 0 Å². The van der Waals surface area contributed by atoms with E-state index in [0.29, 0.717) is 0 Å². The molecule has 2 heterocycles. The van der Waals surface area contributed by atoms with E-state index in [1.807, 2.05) is 0 Å². The summed E-state index contributed by atoms with van der Waals surface area (Å²) in [5.41, 5.74) is -0.0143. The summed E-state index contributed by atoms with van der Waals surface area (Å²) in [7, 11) is 0. The predicted molar refractivity (Wildman–Crippen MR) is 29.3 cm³/mol. The number of nitrogens with zero attached hydrogens (tertiary/aromatic N) is 6. The highest BCUT2D eigenvalue weighted by atomic mass is 16.4. The van der Waals surface area contributed by atoms with Crippen LogP contribution in [0.5, 0.6) is 0 Å². The van der Waals surface area contributed by atoms with Gasteiger partial charge in [0.15, 0.2) is 0 Å². The zero-order valence-electron chi connectivity index (χ0n) is 5.00. The molecule has 0 atom stereocenters. The van der Waals surface area contributed by atoms with Gasteiger partial charge in [-0.25, -0.2) is 4.79 Å². The molecule has 2 aromatic rings. The second-order valence-corrected chi connectivity index (χ2v) is 1.58. The zero-order chi connectivity index (χ0) is 7.68. The molecule has 11 heavy (non-hydrogen) atoms. The summed E-state index contributed by atoms with van der Waals surface area (Å²) >= 11 is 0. The van der Waals surface area contributed by atoms with Crippen LogP contribution in [0.1, 0.15) is 0 Å². The summed E-state index contributed by atoms with van der Waals surface area (Å²) in [4.78, 5) is 10.4. The van der Waals surface area contributed by atoms with Crippen LogP contribution in [-0.2, 0) is 0 Å². The molecule has 0 radical (unpaired) electrons. The molecule has 0 aliphatic heterocycles. The molecule has 0 amide bonds. The van der Waals surface area contributed by atoms with E-state index in [-0.39, 0.29) is 11.4 Å². The molecule has 0 saturated heterocycles. The Balaban J connectivity index is 2.94. The molecule has 0 aromatic carbocycles. The number of hydrogen-bond acceptors (Lipinski definition) is 8. The van der Waals surface area contributed by atoms with E-state index in [1.54, 1.807) is 0 Å². The maximum absolute atomic E-state index is 10.4. The zero-order valence-corrected chi connectivity index (χ0v) is 5.00. The van der Waals surface area contributed by atoms with Crippen molar-refractivity contribution in [1.82, 2.24) is 30.8 Å². The van der Waals surface area contributed by atoms with Gasteiger partial charge in [0, 0.05) is 0 Å². The Morgan fingerprint density at radius 3 is 2.73 bits per heavy atom. The Labute approximate surface area is 58.3 Å². The minimum Gasteiger partial charge on any atom is -0.382 e. The van der Waals surface area contributed by atoms with Crippen LogP contribution in [0.15, 0.2) is 9.21 Å². The van der Waals surface area contributed by atoms with Crippen LogP contribution in [0.25, 0.3) is 11.4 Å². The minimum absolute atomic E-state index is 0.0552. The van der Waals surface area contributed by atoms with E-state index in [2.05, 4.69) is 35.2 Å². The largest absolute Gasteiger partial charge is 0.459 e. The molecule has 0 unspecified atom stereocenters. The molecule has 54 valence electrons. The van der Waals surface area contributed by atoms with Crippen molar-refractivity contribution in [3.8, 4) is 0 Å². The van der Waals surface area contributed by atoms with Crippen LogP contribution in [0.2, 0.25) is 0 Å². The Morgan fingerprint density at radius 1 is 1.00 bits per heavy atom. The molecule has 8 heteroatoms. The maximum Gasteiger partial charge on any atom is 0.459 e. The monoisotopic (exact) mass is 152 g/mol. The molecular weight excluding hydrogens is 152 g/mol. The number of hydrogen-bond donors (Lipinski definition) is 0. The second-order valence-electron chi connectivity index (χ2n) is 1.58. The van der Waals surface area contributed by atoms with Crippen molar-refractivity contribution in [2.75, 3.05) is 0 Å². The van der Waals surface area contributed by atoms with Crippen molar-refractivity contribution in [2.24, 2.45) is 0 Å². The van der Waals surface area contributed by atoms with Crippen LogP contribution < -0.4 is 5.76 Å². The minimum atomic E-state index is -0.834. The van der Waals surface area contributed by atoms with E-state index in [0.717, 1.165) is 0 Å². The Kier molecular flexibility index (Phi) is 1.05. The molecule has 2 rings (SSSR count). The van der Waals surface area contributed by atoms with Crippen LogP contribution >= 0.6 is 0 Å². The smallest absolute Gasteiger partial charge is 0.382 e. The number of aromatic nitrogens is 6. The summed E-state index contributed by atoms with van der Waals surface area (Å²) in [6, 6.07) is 0. The highest BCUT2D eigenvalue weighted by Gasteiger charge is 2.00. The van der Waals surface area contributed by atoms with E-state index >= 15 is 0 Å². The van der Waals surface area contributed by atoms with Gasteiger partial charge in [-0.1, -0.05) is 10.2 Å². The van der Waals surface area contributed by atoms with E-state index in [1.165, 1.54) is 0 Å². The van der Waals surface area contributed by atoms with Crippen LogP contribution in [0.3, 0.4) is 0 Å². The van der Waals surface area contributed by atoms with E-state index < -0.39 is 5.76 Å². The lowest BCUT2D eigenvalue weighted by atomic mass is 10.8. The fourth-order valence-corrected chi connectivity index (χ4v) is 0.531. The highest BCUT2D eigenvalue weighted by molar-refractivity contribution is 5.57. The van der Waals surface area contributed by atoms with Crippen molar-refractivity contribution in [3.05, 3.63) is 10.6 Å². The fraction of sp³-hybridized carbons (Fsp3) is 0. The SMILES string of the molecule is O=c1nnc2nnnnc2o1. The lowest BCUT2D eigenvalue weighted by Gasteiger charge is -1.84. The summed E-state index contributed by atoms with van der Waals surface area (Å²) in [5.74, 6) is -0.834. The topological polar surface area (TPSA) is 108 Å². The molecule has 0 bridgehead atoms. The van der Waals surface area contributed by atoms with Gasteiger partial charge in [0.2, 0.25) is 0 Å². The molecule has 8 nitrogen and oxygen atoms in total. The molecule has 0 saturated carbocycles. The third kappa shape index (κ3) is 0.892. The van der Waals surface area contributed by atoms with Gasteiger partial charge < -0.3 is 4.42 Å². The van der Waals surface area contributed by atoms with Crippen molar-refractivity contribution in [2.45, 2.75) is 0 Å². The van der Waals surface area contributed by atoms with Gasteiger partial charge >= 0.3 is 5.76 Å². The highest BCUT2D eigenvalue weighted by Crippen LogP contribution is 1.93. The van der Waals surface area contributed by atoms with Gasteiger partial charge in [-0.15, -0.1) is 10.2 Å². The van der Waals surface area contributed by atoms with Crippen molar-refractivity contribution >= 4 is 11.4 Å².